The van der Waals surface area contributed by atoms with Crippen LogP contribution in [0.25, 0.3) is 0 Å². The predicted octanol–water partition coefficient (Wildman–Crippen LogP) is 0.133. The van der Waals surface area contributed by atoms with Gasteiger partial charge in [-0.05, 0) is 26.1 Å². The molecule has 0 aliphatic carbocycles. The van der Waals surface area contributed by atoms with Gasteiger partial charge in [0.25, 0.3) is 5.56 Å². The molecular weight excluding hydrogens is 256 g/mol. The first-order valence-electron chi connectivity index (χ1n) is 6.69. The van der Waals surface area contributed by atoms with Gasteiger partial charge in [0, 0.05) is 30.5 Å². The summed E-state index contributed by atoms with van der Waals surface area (Å²) in [7, 11) is 3.92. The SMILES string of the molecule is CC(C)C(CN(C)C)NC(=O)Cn1cc(N)ccc1=O. The van der Waals surface area contributed by atoms with Gasteiger partial charge in [-0.2, -0.15) is 0 Å². The lowest BCUT2D eigenvalue weighted by molar-refractivity contribution is -0.122. The van der Waals surface area contributed by atoms with E-state index in [-0.39, 0.29) is 24.1 Å². The summed E-state index contributed by atoms with van der Waals surface area (Å²) in [6, 6.07) is 2.94. The molecule has 0 saturated carbocycles. The molecule has 0 radical (unpaired) electrons. The van der Waals surface area contributed by atoms with Crippen LogP contribution in [-0.2, 0) is 11.3 Å². The lowest BCUT2D eigenvalue weighted by atomic mass is 10.0. The molecule has 0 saturated heterocycles. The minimum absolute atomic E-state index is 0.0134. The van der Waals surface area contributed by atoms with Crippen molar-refractivity contribution in [2.75, 3.05) is 26.4 Å². The molecule has 1 unspecified atom stereocenters. The maximum absolute atomic E-state index is 12.0. The van der Waals surface area contributed by atoms with Crippen LogP contribution in [0.4, 0.5) is 5.69 Å². The van der Waals surface area contributed by atoms with Gasteiger partial charge >= 0.3 is 0 Å². The summed E-state index contributed by atoms with van der Waals surface area (Å²) in [6.45, 7) is 4.86. The first-order valence-corrected chi connectivity index (χ1v) is 6.69. The molecule has 6 heteroatoms. The number of amides is 1. The predicted molar refractivity (Wildman–Crippen MR) is 80.4 cm³/mol. The van der Waals surface area contributed by atoms with Crippen LogP contribution < -0.4 is 16.6 Å². The van der Waals surface area contributed by atoms with Crippen molar-refractivity contribution in [2.24, 2.45) is 5.92 Å². The molecule has 1 aromatic heterocycles. The van der Waals surface area contributed by atoms with Gasteiger partial charge in [-0.15, -0.1) is 0 Å². The number of nitrogens with zero attached hydrogens (tertiary/aromatic N) is 2. The van der Waals surface area contributed by atoms with Crippen LogP contribution in [-0.4, -0.2) is 42.1 Å². The van der Waals surface area contributed by atoms with Crippen molar-refractivity contribution >= 4 is 11.6 Å². The quantitative estimate of drug-likeness (QED) is 0.776. The highest BCUT2D eigenvalue weighted by atomic mass is 16.2. The van der Waals surface area contributed by atoms with Crippen LogP contribution in [0.5, 0.6) is 0 Å². The Hall–Kier alpha value is -1.82. The topological polar surface area (TPSA) is 80.4 Å². The van der Waals surface area contributed by atoms with Crippen molar-refractivity contribution in [3.05, 3.63) is 28.7 Å². The van der Waals surface area contributed by atoms with Crippen molar-refractivity contribution in [3.8, 4) is 0 Å². The summed E-state index contributed by atoms with van der Waals surface area (Å²) in [5.74, 6) is 0.136. The Bertz CT molecular complexity index is 508. The molecule has 1 atom stereocenters. The maximum atomic E-state index is 12.0. The van der Waals surface area contributed by atoms with E-state index in [4.69, 9.17) is 5.73 Å². The molecule has 0 aromatic carbocycles. The highest BCUT2D eigenvalue weighted by molar-refractivity contribution is 5.76. The van der Waals surface area contributed by atoms with Crippen LogP contribution in [0.15, 0.2) is 23.1 Å². The van der Waals surface area contributed by atoms with E-state index in [1.54, 1.807) is 0 Å². The van der Waals surface area contributed by atoms with E-state index < -0.39 is 0 Å². The molecule has 1 heterocycles. The summed E-state index contributed by atoms with van der Waals surface area (Å²) < 4.78 is 1.32. The minimum atomic E-state index is -0.233. The van der Waals surface area contributed by atoms with Gasteiger partial charge in [-0.25, -0.2) is 0 Å². The monoisotopic (exact) mass is 280 g/mol. The number of pyridine rings is 1. The lowest BCUT2D eigenvalue weighted by Gasteiger charge is -2.25. The molecule has 1 rings (SSSR count). The van der Waals surface area contributed by atoms with E-state index in [0.717, 1.165) is 6.54 Å². The maximum Gasteiger partial charge on any atom is 0.251 e. The van der Waals surface area contributed by atoms with Crippen LogP contribution >= 0.6 is 0 Å². The molecular formula is C14H24N4O2. The van der Waals surface area contributed by atoms with E-state index in [0.29, 0.717) is 11.6 Å². The van der Waals surface area contributed by atoms with Gasteiger partial charge in [-0.3, -0.25) is 9.59 Å². The second-order valence-corrected chi connectivity index (χ2v) is 5.61. The van der Waals surface area contributed by atoms with Gasteiger partial charge in [0.05, 0.1) is 0 Å². The lowest BCUT2D eigenvalue weighted by Crippen LogP contribution is -2.46. The molecule has 6 nitrogen and oxygen atoms in total. The number of anilines is 1. The normalized spacial score (nSPS) is 12.7. The average molecular weight is 280 g/mol. The van der Waals surface area contributed by atoms with Crippen LogP contribution in [0.3, 0.4) is 0 Å². The average Bonchev–Trinajstić information content (AvgIpc) is 2.32. The minimum Gasteiger partial charge on any atom is -0.398 e. The standard InChI is InChI=1S/C14H24N4O2/c1-10(2)12(8-17(3)4)16-13(19)9-18-7-11(15)5-6-14(18)20/h5-7,10,12H,8-9,15H2,1-4H3,(H,16,19). The van der Waals surface area contributed by atoms with Crippen molar-refractivity contribution in [1.82, 2.24) is 14.8 Å². The van der Waals surface area contributed by atoms with E-state index in [1.165, 1.54) is 22.9 Å². The van der Waals surface area contributed by atoms with Gasteiger partial charge in [0.2, 0.25) is 5.91 Å². The molecule has 0 aliphatic heterocycles. The van der Waals surface area contributed by atoms with Gasteiger partial charge in [0.1, 0.15) is 6.54 Å². The molecule has 1 aromatic rings. The Balaban J connectivity index is 2.70. The number of rotatable bonds is 6. The number of nitrogen functional groups attached to an aromatic ring is 1. The largest absolute Gasteiger partial charge is 0.398 e. The van der Waals surface area contributed by atoms with Crippen molar-refractivity contribution in [2.45, 2.75) is 26.4 Å². The molecule has 0 fully saturated rings. The highest BCUT2D eigenvalue weighted by Gasteiger charge is 2.17. The number of aromatic nitrogens is 1. The Morgan fingerprint density at radius 1 is 1.40 bits per heavy atom. The summed E-state index contributed by atoms with van der Waals surface area (Å²) >= 11 is 0. The first kappa shape index (κ1) is 16.2. The zero-order valence-electron chi connectivity index (χ0n) is 12.6. The molecule has 0 aliphatic rings. The Kier molecular flexibility index (Phi) is 5.76. The van der Waals surface area contributed by atoms with E-state index in [1.807, 2.05) is 19.0 Å². The van der Waals surface area contributed by atoms with Crippen LogP contribution in [0, 0.1) is 5.92 Å². The summed E-state index contributed by atoms with van der Waals surface area (Å²) in [5.41, 5.74) is 5.85. The zero-order valence-corrected chi connectivity index (χ0v) is 12.6. The van der Waals surface area contributed by atoms with Crippen LogP contribution in [0.1, 0.15) is 13.8 Å². The van der Waals surface area contributed by atoms with E-state index >= 15 is 0 Å². The fraction of sp³-hybridized carbons (Fsp3) is 0.571. The molecule has 112 valence electrons. The summed E-state index contributed by atoms with van der Waals surface area (Å²) in [4.78, 5) is 25.7. The van der Waals surface area contributed by atoms with Crippen molar-refractivity contribution in [1.29, 1.82) is 0 Å². The third kappa shape index (κ3) is 5.05. The van der Waals surface area contributed by atoms with E-state index in [9.17, 15) is 9.59 Å². The zero-order chi connectivity index (χ0) is 15.3. The fourth-order valence-electron chi connectivity index (χ4n) is 1.90. The van der Waals surface area contributed by atoms with E-state index in [2.05, 4.69) is 19.2 Å². The number of hydrogen-bond donors (Lipinski definition) is 2. The molecule has 20 heavy (non-hydrogen) atoms. The number of carbonyl (C=O) groups is 1. The van der Waals surface area contributed by atoms with Gasteiger partial charge in [0.15, 0.2) is 0 Å². The highest BCUT2D eigenvalue weighted by Crippen LogP contribution is 2.03. The number of hydrogen-bond acceptors (Lipinski definition) is 4. The van der Waals surface area contributed by atoms with Crippen LogP contribution in [0.2, 0.25) is 0 Å². The molecule has 1 amide bonds. The number of carbonyl (C=O) groups excluding carboxylic acids is 1. The Labute approximate surface area is 119 Å². The third-order valence-corrected chi connectivity index (χ3v) is 3.03. The number of nitrogens with two attached hydrogens (primary N) is 1. The fourth-order valence-corrected chi connectivity index (χ4v) is 1.90. The van der Waals surface area contributed by atoms with Crippen molar-refractivity contribution in [3.63, 3.8) is 0 Å². The summed E-state index contributed by atoms with van der Waals surface area (Å²) in [6.07, 6.45) is 1.48. The van der Waals surface area contributed by atoms with Gasteiger partial charge < -0.3 is 20.5 Å². The summed E-state index contributed by atoms with van der Waals surface area (Å²) in [5, 5.41) is 2.96. The van der Waals surface area contributed by atoms with Gasteiger partial charge in [-0.1, -0.05) is 13.8 Å². The second-order valence-electron chi connectivity index (χ2n) is 5.61. The number of likely N-dealkylation sites (N-methyl/N-ethyl adjacent to an activating group) is 1. The smallest absolute Gasteiger partial charge is 0.251 e. The Morgan fingerprint density at radius 3 is 2.60 bits per heavy atom. The molecule has 3 N–H and O–H groups in total. The Morgan fingerprint density at radius 2 is 2.05 bits per heavy atom. The molecule has 0 spiro atoms. The molecule has 0 bridgehead atoms. The first-order chi connectivity index (χ1) is 9.29. The second kappa shape index (κ2) is 7.09. The third-order valence-electron chi connectivity index (χ3n) is 3.03. The number of nitrogens with one attached hydrogen (secondary N) is 1. The van der Waals surface area contributed by atoms with Crippen molar-refractivity contribution < 1.29 is 4.79 Å².